The van der Waals surface area contributed by atoms with Crippen LogP contribution >= 0.6 is 0 Å². The zero-order chi connectivity index (χ0) is 16.2. The van der Waals surface area contributed by atoms with Gasteiger partial charge >= 0.3 is 0 Å². The summed E-state index contributed by atoms with van der Waals surface area (Å²) in [7, 11) is -4.04. The van der Waals surface area contributed by atoms with E-state index in [2.05, 4.69) is 0 Å². The predicted molar refractivity (Wildman–Crippen MR) is 77.0 cm³/mol. The first-order valence-electron chi connectivity index (χ1n) is 6.35. The molecule has 1 aromatic carbocycles. The zero-order valence-electron chi connectivity index (χ0n) is 11.4. The number of sulfonamides is 1. The Labute approximate surface area is 126 Å². The van der Waals surface area contributed by atoms with Gasteiger partial charge in [-0.05, 0) is 30.3 Å². The number of amides is 1. The summed E-state index contributed by atoms with van der Waals surface area (Å²) < 4.78 is 39.8. The van der Waals surface area contributed by atoms with Crippen LogP contribution in [0.5, 0.6) is 0 Å². The molecule has 0 bridgehead atoms. The molecule has 0 unspecified atom stereocenters. The molecule has 6 nitrogen and oxygen atoms in total. The summed E-state index contributed by atoms with van der Waals surface area (Å²) in [4.78, 5) is 22.9. The Morgan fingerprint density at radius 1 is 1.14 bits per heavy atom. The molecule has 1 heterocycles. The van der Waals surface area contributed by atoms with Crippen LogP contribution in [-0.4, -0.2) is 18.9 Å². The van der Waals surface area contributed by atoms with Crippen molar-refractivity contribution in [2.75, 3.05) is 0 Å². The van der Waals surface area contributed by atoms with Crippen LogP contribution in [0.2, 0.25) is 0 Å². The number of aromatic nitrogens is 1. The number of halogens is 1. The lowest BCUT2D eigenvalue weighted by Gasteiger charge is -2.08. The summed E-state index contributed by atoms with van der Waals surface area (Å²) in [5, 5.41) is 0. The van der Waals surface area contributed by atoms with Gasteiger partial charge in [0.05, 0.1) is 4.90 Å². The topological polar surface area (TPSA) is 85.2 Å². The van der Waals surface area contributed by atoms with E-state index < -0.39 is 21.7 Å². The van der Waals surface area contributed by atoms with Crippen LogP contribution in [-0.2, 0) is 21.4 Å². The minimum atomic E-state index is -4.04. The highest BCUT2D eigenvalue weighted by Crippen LogP contribution is 2.09. The summed E-state index contributed by atoms with van der Waals surface area (Å²) in [6.07, 6.45) is 1.33. The van der Waals surface area contributed by atoms with Crippen molar-refractivity contribution in [3.05, 3.63) is 64.8 Å². The van der Waals surface area contributed by atoms with Crippen LogP contribution in [0.15, 0.2) is 58.4 Å². The molecule has 0 aliphatic heterocycles. The molecule has 0 aliphatic carbocycles. The Balaban J connectivity index is 2.01. The normalized spacial score (nSPS) is 11.1. The molecule has 0 radical (unpaired) electrons. The van der Waals surface area contributed by atoms with Gasteiger partial charge in [-0.2, -0.15) is 0 Å². The fraction of sp³-hybridized carbons (Fsp3) is 0.143. The number of nitrogens with one attached hydrogen (secondary N) is 1. The van der Waals surface area contributed by atoms with E-state index in [9.17, 15) is 22.4 Å². The van der Waals surface area contributed by atoms with Crippen molar-refractivity contribution in [2.45, 2.75) is 17.9 Å². The molecule has 0 saturated carbocycles. The minimum Gasteiger partial charge on any atom is -0.315 e. The fourth-order valence-electron chi connectivity index (χ4n) is 1.74. The van der Waals surface area contributed by atoms with Gasteiger partial charge in [-0.25, -0.2) is 17.5 Å². The van der Waals surface area contributed by atoms with Gasteiger partial charge in [0.15, 0.2) is 0 Å². The van der Waals surface area contributed by atoms with Crippen molar-refractivity contribution in [3.8, 4) is 0 Å². The van der Waals surface area contributed by atoms with Gasteiger partial charge in [-0.3, -0.25) is 9.59 Å². The lowest BCUT2D eigenvalue weighted by molar-refractivity contribution is -0.119. The van der Waals surface area contributed by atoms with Crippen molar-refractivity contribution in [2.24, 2.45) is 0 Å². The zero-order valence-corrected chi connectivity index (χ0v) is 12.2. The van der Waals surface area contributed by atoms with E-state index in [1.165, 1.54) is 16.8 Å². The van der Waals surface area contributed by atoms with Gasteiger partial charge < -0.3 is 4.57 Å². The van der Waals surface area contributed by atoms with Crippen molar-refractivity contribution in [1.29, 1.82) is 0 Å². The maximum Gasteiger partial charge on any atom is 0.264 e. The summed E-state index contributed by atoms with van der Waals surface area (Å²) in [5.41, 5.74) is -0.281. The molecule has 2 rings (SSSR count). The number of hydrogen-bond donors (Lipinski definition) is 1. The molecule has 0 spiro atoms. The average Bonchev–Trinajstić information content (AvgIpc) is 2.46. The number of aryl methyl sites for hydroxylation is 1. The van der Waals surface area contributed by atoms with Crippen LogP contribution < -0.4 is 10.3 Å². The van der Waals surface area contributed by atoms with E-state index in [-0.39, 0.29) is 23.4 Å². The largest absolute Gasteiger partial charge is 0.315 e. The Hall–Kier alpha value is -2.48. The predicted octanol–water partition coefficient (Wildman–Crippen LogP) is 0.883. The molecule has 0 saturated heterocycles. The van der Waals surface area contributed by atoms with Crippen molar-refractivity contribution >= 4 is 15.9 Å². The Morgan fingerprint density at radius 3 is 2.45 bits per heavy atom. The van der Waals surface area contributed by atoms with Gasteiger partial charge in [0.1, 0.15) is 5.82 Å². The average molecular weight is 324 g/mol. The maximum atomic E-state index is 12.8. The molecule has 1 amide bonds. The van der Waals surface area contributed by atoms with Gasteiger partial charge in [0.2, 0.25) is 5.91 Å². The van der Waals surface area contributed by atoms with E-state index in [1.54, 1.807) is 12.1 Å². The van der Waals surface area contributed by atoms with Crippen LogP contribution in [0.25, 0.3) is 0 Å². The third-order valence-electron chi connectivity index (χ3n) is 2.85. The molecular formula is C14H13FN2O4S. The van der Waals surface area contributed by atoms with Crippen LogP contribution in [0, 0.1) is 5.82 Å². The summed E-state index contributed by atoms with van der Waals surface area (Å²) >= 11 is 0. The second-order valence-corrected chi connectivity index (χ2v) is 6.15. The van der Waals surface area contributed by atoms with E-state index in [1.807, 2.05) is 4.72 Å². The minimum absolute atomic E-state index is 0.0600. The number of pyridine rings is 1. The van der Waals surface area contributed by atoms with Crippen LogP contribution in [0.4, 0.5) is 4.39 Å². The lowest BCUT2D eigenvalue weighted by atomic mass is 10.4. The van der Waals surface area contributed by atoms with Crippen molar-refractivity contribution in [1.82, 2.24) is 9.29 Å². The molecule has 1 aromatic heterocycles. The smallest absolute Gasteiger partial charge is 0.264 e. The third kappa shape index (κ3) is 4.01. The van der Waals surface area contributed by atoms with E-state index >= 15 is 0 Å². The van der Waals surface area contributed by atoms with E-state index in [4.69, 9.17) is 0 Å². The number of carbonyl (C=O) groups excluding carboxylic acids is 1. The van der Waals surface area contributed by atoms with Crippen LogP contribution in [0.1, 0.15) is 6.42 Å². The monoisotopic (exact) mass is 324 g/mol. The highest BCUT2D eigenvalue weighted by Gasteiger charge is 2.17. The van der Waals surface area contributed by atoms with Crippen LogP contribution in [0.3, 0.4) is 0 Å². The van der Waals surface area contributed by atoms with Gasteiger partial charge in [0.25, 0.3) is 15.6 Å². The van der Waals surface area contributed by atoms with Crippen molar-refractivity contribution < 1.29 is 17.6 Å². The Morgan fingerprint density at radius 2 is 1.82 bits per heavy atom. The first-order valence-corrected chi connectivity index (χ1v) is 7.83. The molecular weight excluding hydrogens is 311 g/mol. The molecule has 116 valence electrons. The third-order valence-corrected chi connectivity index (χ3v) is 4.24. The highest BCUT2D eigenvalue weighted by molar-refractivity contribution is 7.90. The Bertz CT molecular complexity index is 828. The summed E-state index contributed by atoms with van der Waals surface area (Å²) in [6, 6.07) is 8.64. The number of benzene rings is 1. The second-order valence-electron chi connectivity index (χ2n) is 4.46. The maximum absolute atomic E-state index is 12.8. The molecule has 1 N–H and O–H groups in total. The van der Waals surface area contributed by atoms with E-state index in [0.29, 0.717) is 0 Å². The quantitative estimate of drug-likeness (QED) is 0.885. The molecule has 22 heavy (non-hydrogen) atoms. The molecule has 0 atom stereocenters. The first kappa shape index (κ1) is 15.9. The highest BCUT2D eigenvalue weighted by atomic mass is 32.2. The Kier molecular flexibility index (Phi) is 4.71. The molecule has 0 fully saturated rings. The standard InChI is InChI=1S/C14H13FN2O4S/c15-11-4-6-12(7-5-11)22(20,21)16-13(18)8-10-17-9-2-1-3-14(17)19/h1-7,9H,8,10H2,(H,16,18). The van der Waals surface area contributed by atoms with Gasteiger partial charge in [-0.1, -0.05) is 6.07 Å². The van der Waals surface area contributed by atoms with E-state index in [0.717, 1.165) is 24.3 Å². The van der Waals surface area contributed by atoms with Crippen molar-refractivity contribution in [3.63, 3.8) is 0 Å². The van der Waals surface area contributed by atoms with Gasteiger partial charge in [-0.15, -0.1) is 0 Å². The number of nitrogens with zero attached hydrogens (tertiary/aromatic N) is 1. The number of hydrogen-bond acceptors (Lipinski definition) is 4. The fourth-order valence-corrected chi connectivity index (χ4v) is 2.75. The molecule has 0 aliphatic rings. The SMILES string of the molecule is O=C(CCn1ccccc1=O)NS(=O)(=O)c1ccc(F)cc1. The summed E-state index contributed by atoms with van der Waals surface area (Å²) in [6.45, 7) is 0.0600. The number of carbonyl (C=O) groups is 1. The summed E-state index contributed by atoms with van der Waals surface area (Å²) in [5.74, 6) is -1.33. The molecule has 8 heteroatoms. The van der Waals surface area contributed by atoms with Gasteiger partial charge in [0, 0.05) is 25.2 Å². The molecule has 2 aromatic rings. The first-order chi connectivity index (χ1) is 10.4. The second kappa shape index (κ2) is 6.52. The number of rotatable bonds is 5. The lowest BCUT2D eigenvalue weighted by Crippen LogP contribution is -2.32.